The van der Waals surface area contributed by atoms with Gasteiger partial charge >= 0.3 is 0 Å². The van der Waals surface area contributed by atoms with E-state index in [4.69, 9.17) is 15.7 Å². The number of benzene rings is 2. The maximum Gasteiger partial charge on any atom is 0.174 e. The third-order valence-corrected chi connectivity index (χ3v) is 3.54. The van der Waals surface area contributed by atoms with E-state index in [1.54, 1.807) is 0 Å². The molecule has 0 heterocycles. The van der Waals surface area contributed by atoms with Crippen LogP contribution in [-0.4, -0.2) is 12.6 Å². The highest BCUT2D eigenvalue weighted by atomic mass is 16.5. The summed E-state index contributed by atoms with van der Waals surface area (Å²) in [5.74, 6) is 1.01. The van der Waals surface area contributed by atoms with Crippen molar-refractivity contribution in [3.8, 4) is 11.8 Å². The number of ether oxygens (including phenoxy) is 1. The van der Waals surface area contributed by atoms with Crippen LogP contribution in [0.3, 0.4) is 0 Å². The van der Waals surface area contributed by atoms with Crippen LogP contribution in [-0.2, 0) is 6.42 Å². The Balaban J connectivity index is 2.09. The van der Waals surface area contributed by atoms with Crippen molar-refractivity contribution in [2.75, 3.05) is 6.61 Å². The lowest BCUT2D eigenvalue weighted by molar-refractivity contribution is 0.368. The van der Waals surface area contributed by atoms with Crippen LogP contribution < -0.4 is 10.5 Å². The molecule has 21 heavy (non-hydrogen) atoms. The molecule has 2 atom stereocenters. The first kappa shape index (κ1) is 15.1. The molecule has 0 saturated carbocycles. The van der Waals surface area contributed by atoms with Crippen LogP contribution in [0, 0.1) is 11.3 Å². The SMILES string of the molecule is CC(N)C(Cc1ccc(OCC#N)cc1)c1ccccc1. The summed E-state index contributed by atoms with van der Waals surface area (Å²) in [4.78, 5) is 0. The zero-order valence-corrected chi connectivity index (χ0v) is 12.2. The van der Waals surface area contributed by atoms with Gasteiger partial charge in [-0.2, -0.15) is 5.26 Å². The highest BCUT2D eigenvalue weighted by Gasteiger charge is 2.16. The van der Waals surface area contributed by atoms with Crippen molar-refractivity contribution < 1.29 is 4.74 Å². The molecule has 2 aromatic rings. The van der Waals surface area contributed by atoms with Gasteiger partial charge in [0.15, 0.2) is 6.61 Å². The molecule has 2 unspecified atom stereocenters. The standard InChI is InChI=1S/C18H20N2O/c1-14(20)18(16-5-3-2-4-6-16)13-15-7-9-17(10-8-15)21-12-11-19/h2-10,14,18H,12-13,20H2,1H3. The van der Waals surface area contributed by atoms with Crippen LogP contribution in [0.4, 0.5) is 0 Å². The van der Waals surface area contributed by atoms with Gasteiger partial charge in [-0.25, -0.2) is 0 Å². The molecule has 0 radical (unpaired) electrons. The third kappa shape index (κ3) is 4.34. The summed E-state index contributed by atoms with van der Waals surface area (Å²) in [6.45, 7) is 2.12. The first-order chi connectivity index (χ1) is 10.2. The summed E-state index contributed by atoms with van der Waals surface area (Å²) >= 11 is 0. The summed E-state index contributed by atoms with van der Waals surface area (Å²) < 4.78 is 5.26. The van der Waals surface area contributed by atoms with E-state index in [1.165, 1.54) is 11.1 Å². The minimum absolute atomic E-state index is 0.0752. The van der Waals surface area contributed by atoms with Crippen molar-refractivity contribution in [2.45, 2.75) is 25.3 Å². The molecule has 0 fully saturated rings. The lowest BCUT2D eigenvalue weighted by Crippen LogP contribution is -2.26. The Kier molecular flexibility index (Phi) is 5.36. The summed E-state index contributed by atoms with van der Waals surface area (Å²) in [7, 11) is 0. The van der Waals surface area contributed by atoms with Crippen LogP contribution in [0.5, 0.6) is 5.75 Å². The first-order valence-corrected chi connectivity index (χ1v) is 7.10. The molecule has 0 aliphatic heterocycles. The molecular weight excluding hydrogens is 260 g/mol. The van der Waals surface area contributed by atoms with E-state index in [1.807, 2.05) is 55.5 Å². The molecule has 0 aliphatic rings. The fraction of sp³-hybridized carbons (Fsp3) is 0.278. The van der Waals surface area contributed by atoms with E-state index in [9.17, 15) is 0 Å². The average Bonchev–Trinajstić information content (AvgIpc) is 2.52. The van der Waals surface area contributed by atoms with E-state index in [0.29, 0.717) is 0 Å². The topological polar surface area (TPSA) is 59.0 Å². The van der Waals surface area contributed by atoms with Crippen LogP contribution in [0.2, 0.25) is 0 Å². The maximum atomic E-state index is 8.50. The van der Waals surface area contributed by atoms with Crippen molar-refractivity contribution in [3.05, 3.63) is 65.7 Å². The lowest BCUT2D eigenvalue weighted by atomic mass is 9.87. The highest BCUT2D eigenvalue weighted by molar-refractivity contribution is 5.30. The van der Waals surface area contributed by atoms with Gasteiger partial charge in [0.25, 0.3) is 0 Å². The molecule has 0 aromatic heterocycles. The Morgan fingerprint density at radius 1 is 1.10 bits per heavy atom. The zero-order chi connectivity index (χ0) is 15.1. The van der Waals surface area contributed by atoms with Crippen LogP contribution in [0.1, 0.15) is 24.0 Å². The van der Waals surface area contributed by atoms with Gasteiger partial charge in [0.05, 0.1) is 0 Å². The van der Waals surface area contributed by atoms with Gasteiger partial charge in [0.2, 0.25) is 0 Å². The number of rotatable bonds is 6. The average molecular weight is 280 g/mol. The van der Waals surface area contributed by atoms with Gasteiger partial charge in [0.1, 0.15) is 11.8 Å². The maximum absolute atomic E-state index is 8.50. The molecule has 3 heteroatoms. The molecule has 0 aliphatic carbocycles. The van der Waals surface area contributed by atoms with Gasteiger partial charge in [0, 0.05) is 12.0 Å². The molecule has 0 spiro atoms. The van der Waals surface area contributed by atoms with E-state index in [2.05, 4.69) is 12.1 Å². The second-order valence-corrected chi connectivity index (χ2v) is 5.17. The second-order valence-electron chi connectivity index (χ2n) is 5.17. The molecule has 2 aromatic carbocycles. The van der Waals surface area contributed by atoms with Crippen molar-refractivity contribution >= 4 is 0 Å². The zero-order valence-electron chi connectivity index (χ0n) is 12.2. The fourth-order valence-electron chi connectivity index (χ4n) is 2.40. The molecule has 0 amide bonds. The van der Waals surface area contributed by atoms with E-state index in [-0.39, 0.29) is 18.6 Å². The van der Waals surface area contributed by atoms with Gasteiger partial charge < -0.3 is 10.5 Å². The molecule has 2 rings (SSSR count). The van der Waals surface area contributed by atoms with Gasteiger partial charge in [-0.05, 0) is 36.6 Å². The van der Waals surface area contributed by atoms with Gasteiger partial charge in [-0.3, -0.25) is 0 Å². The fourth-order valence-corrected chi connectivity index (χ4v) is 2.40. The first-order valence-electron chi connectivity index (χ1n) is 7.10. The summed E-state index contributed by atoms with van der Waals surface area (Å²) in [6, 6.07) is 20.3. The Hall–Kier alpha value is -2.31. The van der Waals surface area contributed by atoms with Crippen molar-refractivity contribution in [1.29, 1.82) is 5.26 Å². The van der Waals surface area contributed by atoms with Crippen LogP contribution in [0.15, 0.2) is 54.6 Å². The Bertz CT molecular complexity index is 585. The quantitative estimate of drug-likeness (QED) is 0.883. The predicted molar refractivity (Wildman–Crippen MR) is 84.1 cm³/mol. The number of nitriles is 1. The van der Waals surface area contributed by atoms with Gasteiger partial charge in [-0.15, -0.1) is 0 Å². The monoisotopic (exact) mass is 280 g/mol. The second kappa shape index (κ2) is 7.47. The van der Waals surface area contributed by atoms with E-state index < -0.39 is 0 Å². The molecule has 108 valence electrons. The van der Waals surface area contributed by atoms with Gasteiger partial charge in [-0.1, -0.05) is 42.5 Å². The Morgan fingerprint density at radius 3 is 2.33 bits per heavy atom. The van der Waals surface area contributed by atoms with E-state index in [0.717, 1.165) is 12.2 Å². The summed E-state index contributed by atoms with van der Waals surface area (Å²) in [5.41, 5.74) is 8.63. The number of nitrogens with zero attached hydrogens (tertiary/aromatic N) is 1. The normalized spacial score (nSPS) is 13.2. The molecule has 0 bridgehead atoms. The lowest BCUT2D eigenvalue weighted by Gasteiger charge is -2.21. The Morgan fingerprint density at radius 2 is 1.76 bits per heavy atom. The predicted octanol–water partition coefficient (Wildman–Crippen LogP) is 3.26. The van der Waals surface area contributed by atoms with Crippen LogP contribution in [0.25, 0.3) is 0 Å². The Labute approximate surface area is 126 Å². The summed E-state index contributed by atoms with van der Waals surface area (Å²) in [5, 5.41) is 8.50. The minimum atomic E-state index is 0.0752. The number of nitrogens with two attached hydrogens (primary N) is 1. The molecule has 2 N–H and O–H groups in total. The van der Waals surface area contributed by atoms with Crippen molar-refractivity contribution in [1.82, 2.24) is 0 Å². The summed E-state index contributed by atoms with van der Waals surface area (Å²) in [6.07, 6.45) is 0.889. The smallest absolute Gasteiger partial charge is 0.174 e. The number of hydrogen-bond acceptors (Lipinski definition) is 3. The minimum Gasteiger partial charge on any atom is -0.479 e. The third-order valence-electron chi connectivity index (χ3n) is 3.54. The largest absolute Gasteiger partial charge is 0.479 e. The van der Waals surface area contributed by atoms with Crippen molar-refractivity contribution in [2.24, 2.45) is 5.73 Å². The number of hydrogen-bond donors (Lipinski definition) is 1. The van der Waals surface area contributed by atoms with Crippen LogP contribution >= 0.6 is 0 Å². The van der Waals surface area contributed by atoms with E-state index >= 15 is 0 Å². The highest BCUT2D eigenvalue weighted by Crippen LogP contribution is 2.24. The molecule has 0 saturated heterocycles. The molecule has 3 nitrogen and oxygen atoms in total. The molecular formula is C18H20N2O. The van der Waals surface area contributed by atoms with Crippen molar-refractivity contribution in [3.63, 3.8) is 0 Å².